The summed E-state index contributed by atoms with van der Waals surface area (Å²) < 4.78 is 16.5. The van der Waals surface area contributed by atoms with Crippen LogP contribution in [0.15, 0.2) is 41.5 Å². The van der Waals surface area contributed by atoms with Gasteiger partial charge in [0.15, 0.2) is 17.5 Å². The Morgan fingerprint density at radius 1 is 1.29 bits per heavy atom. The highest BCUT2D eigenvalue weighted by Gasteiger charge is 2.11. The quantitative estimate of drug-likeness (QED) is 0.660. The summed E-state index contributed by atoms with van der Waals surface area (Å²) in [5.74, 6) is 2.42. The van der Waals surface area contributed by atoms with E-state index in [4.69, 9.17) is 19.9 Å². The van der Waals surface area contributed by atoms with E-state index in [0.29, 0.717) is 31.3 Å². The molecule has 0 unspecified atom stereocenters. The first kappa shape index (κ1) is 15.9. The molecule has 3 N–H and O–H groups in total. The van der Waals surface area contributed by atoms with Crippen molar-refractivity contribution in [2.45, 2.75) is 13.0 Å². The van der Waals surface area contributed by atoms with E-state index < -0.39 is 0 Å². The molecule has 0 bridgehead atoms. The van der Waals surface area contributed by atoms with E-state index >= 15 is 0 Å². The van der Waals surface area contributed by atoms with Crippen molar-refractivity contribution in [3.8, 4) is 17.2 Å². The van der Waals surface area contributed by atoms with Gasteiger partial charge in [-0.25, -0.2) is 4.99 Å². The number of guanidine groups is 1. The molecule has 1 aliphatic rings. The third kappa shape index (κ3) is 3.87. The molecule has 1 aromatic heterocycles. The molecule has 0 radical (unpaired) electrons. The highest BCUT2D eigenvalue weighted by molar-refractivity contribution is 5.92. The van der Waals surface area contributed by atoms with Gasteiger partial charge < -0.3 is 25.3 Å². The molecule has 1 aromatic carbocycles. The first-order valence-corrected chi connectivity index (χ1v) is 7.71. The van der Waals surface area contributed by atoms with Crippen molar-refractivity contribution in [2.75, 3.05) is 25.6 Å². The van der Waals surface area contributed by atoms with Crippen LogP contribution in [0.3, 0.4) is 0 Å². The minimum atomic E-state index is 0.289. The third-order valence-corrected chi connectivity index (χ3v) is 3.49. The summed E-state index contributed by atoms with van der Waals surface area (Å²) in [6.45, 7) is 1.63. The fourth-order valence-corrected chi connectivity index (χ4v) is 2.32. The summed E-state index contributed by atoms with van der Waals surface area (Å²) in [6.07, 6.45) is 2.56. The molecule has 2 heterocycles. The molecule has 3 rings (SSSR count). The van der Waals surface area contributed by atoms with E-state index in [1.54, 1.807) is 13.3 Å². The molecule has 24 heavy (non-hydrogen) atoms. The normalized spacial score (nSPS) is 14.0. The van der Waals surface area contributed by atoms with Gasteiger partial charge in [0.05, 0.1) is 26.9 Å². The van der Waals surface area contributed by atoms with Crippen LogP contribution >= 0.6 is 0 Å². The molecular weight excluding hydrogens is 308 g/mol. The van der Waals surface area contributed by atoms with Crippen LogP contribution in [0.5, 0.6) is 17.2 Å². The zero-order valence-corrected chi connectivity index (χ0v) is 13.5. The standard InChI is InChI=1S/C17H20N4O3/c1-22-14-4-2-7-19-13(14)11-20-17(18)21-12-5-6-15-16(10-12)24-9-3-8-23-15/h2,4-7,10H,3,8-9,11H2,1H3,(H3,18,20,21). The van der Waals surface area contributed by atoms with Crippen LogP contribution in [-0.4, -0.2) is 31.3 Å². The lowest BCUT2D eigenvalue weighted by Crippen LogP contribution is -2.22. The Labute approximate surface area is 140 Å². The molecular formula is C17H20N4O3. The first-order chi connectivity index (χ1) is 11.8. The summed E-state index contributed by atoms with van der Waals surface area (Å²) in [4.78, 5) is 8.54. The van der Waals surface area contributed by atoms with Crippen molar-refractivity contribution in [1.29, 1.82) is 0 Å². The number of nitrogens with one attached hydrogen (secondary N) is 1. The number of pyridine rings is 1. The zero-order valence-electron chi connectivity index (χ0n) is 13.5. The van der Waals surface area contributed by atoms with Crippen LogP contribution in [0.1, 0.15) is 12.1 Å². The SMILES string of the molecule is COc1cccnc1CN=C(N)Nc1ccc2c(c1)OCCCO2. The van der Waals surface area contributed by atoms with E-state index in [1.807, 2.05) is 30.3 Å². The van der Waals surface area contributed by atoms with Crippen molar-refractivity contribution < 1.29 is 14.2 Å². The number of fused-ring (bicyclic) bond motifs is 1. The number of ether oxygens (including phenoxy) is 3. The van der Waals surface area contributed by atoms with Gasteiger partial charge in [-0.15, -0.1) is 0 Å². The second kappa shape index (κ2) is 7.54. The molecule has 126 valence electrons. The average molecular weight is 328 g/mol. The smallest absolute Gasteiger partial charge is 0.193 e. The third-order valence-electron chi connectivity index (χ3n) is 3.49. The molecule has 7 nitrogen and oxygen atoms in total. The van der Waals surface area contributed by atoms with Crippen LogP contribution < -0.4 is 25.3 Å². The number of methoxy groups -OCH3 is 1. The predicted molar refractivity (Wildman–Crippen MR) is 91.8 cm³/mol. The fraction of sp³-hybridized carbons (Fsp3) is 0.294. The molecule has 0 spiro atoms. The second-order valence-corrected chi connectivity index (χ2v) is 5.19. The van der Waals surface area contributed by atoms with Gasteiger partial charge >= 0.3 is 0 Å². The van der Waals surface area contributed by atoms with Gasteiger partial charge in [-0.3, -0.25) is 4.98 Å². The Kier molecular flexibility index (Phi) is 5.00. The van der Waals surface area contributed by atoms with Gasteiger partial charge in [0.2, 0.25) is 0 Å². The lowest BCUT2D eigenvalue weighted by molar-refractivity contribution is 0.297. The highest BCUT2D eigenvalue weighted by Crippen LogP contribution is 2.32. The van der Waals surface area contributed by atoms with Crippen molar-refractivity contribution in [2.24, 2.45) is 10.7 Å². The van der Waals surface area contributed by atoms with Gasteiger partial charge in [-0.2, -0.15) is 0 Å². The Hall–Kier alpha value is -2.96. The predicted octanol–water partition coefficient (Wildman–Crippen LogP) is 2.18. The number of anilines is 1. The number of nitrogens with two attached hydrogens (primary N) is 1. The average Bonchev–Trinajstić information content (AvgIpc) is 2.85. The van der Waals surface area contributed by atoms with Crippen LogP contribution in [-0.2, 0) is 6.54 Å². The number of nitrogens with zero attached hydrogens (tertiary/aromatic N) is 2. The summed E-state index contributed by atoms with van der Waals surface area (Å²) in [6, 6.07) is 9.23. The van der Waals surface area contributed by atoms with Gasteiger partial charge in [-0.1, -0.05) is 0 Å². The second-order valence-electron chi connectivity index (χ2n) is 5.19. The fourth-order valence-electron chi connectivity index (χ4n) is 2.32. The van der Waals surface area contributed by atoms with Gasteiger partial charge in [0.1, 0.15) is 11.4 Å². The Bertz CT molecular complexity index is 734. The van der Waals surface area contributed by atoms with E-state index in [2.05, 4.69) is 15.3 Å². The van der Waals surface area contributed by atoms with E-state index in [-0.39, 0.29) is 5.96 Å². The Morgan fingerprint density at radius 2 is 2.12 bits per heavy atom. The first-order valence-electron chi connectivity index (χ1n) is 7.71. The minimum absolute atomic E-state index is 0.289. The van der Waals surface area contributed by atoms with Gasteiger partial charge in [-0.05, 0) is 24.3 Å². The maximum absolute atomic E-state index is 5.95. The zero-order chi connectivity index (χ0) is 16.8. The van der Waals surface area contributed by atoms with Crippen molar-refractivity contribution in [3.63, 3.8) is 0 Å². The van der Waals surface area contributed by atoms with Crippen molar-refractivity contribution in [3.05, 3.63) is 42.2 Å². The maximum Gasteiger partial charge on any atom is 0.193 e. The number of benzene rings is 1. The number of hydrogen-bond donors (Lipinski definition) is 2. The van der Waals surface area contributed by atoms with Gasteiger partial charge in [0.25, 0.3) is 0 Å². The van der Waals surface area contributed by atoms with Crippen LogP contribution in [0, 0.1) is 0 Å². The van der Waals surface area contributed by atoms with Crippen LogP contribution in [0.4, 0.5) is 5.69 Å². The molecule has 1 aliphatic heterocycles. The summed E-state index contributed by atoms with van der Waals surface area (Å²) in [7, 11) is 1.60. The monoisotopic (exact) mass is 328 g/mol. The van der Waals surface area contributed by atoms with Crippen molar-refractivity contribution in [1.82, 2.24) is 4.98 Å². The highest BCUT2D eigenvalue weighted by atomic mass is 16.5. The van der Waals surface area contributed by atoms with E-state index in [1.165, 1.54) is 0 Å². The summed E-state index contributed by atoms with van der Waals surface area (Å²) in [5.41, 5.74) is 7.46. The summed E-state index contributed by atoms with van der Waals surface area (Å²) in [5, 5.41) is 3.04. The van der Waals surface area contributed by atoms with E-state index in [0.717, 1.165) is 23.6 Å². The van der Waals surface area contributed by atoms with Crippen LogP contribution in [0.2, 0.25) is 0 Å². The lowest BCUT2D eigenvalue weighted by Gasteiger charge is -2.11. The molecule has 0 atom stereocenters. The Balaban J connectivity index is 1.68. The van der Waals surface area contributed by atoms with Crippen molar-refractivity contribution >= 4 is 11.6 Å². The lowest BCUT2D eigenvalue weighted by atomic mass is 10.3. The Morgan fingerprint density at radius 3 is 2.96 bits per heavy atom. The number of aromatic nitrogens is 1. The molecule has 0 fully saturated rings. The molecule has 0 aliphatic carbocycles. The number of rotatable bonds is 4. The van der Waals surface area contributed by atoms with Crippen LogP contribution in [0.25, 0.3) is 0 Å². The summed E-state index contributed by atoms with van der Waals surface area (Å²) >= 11 is 0. The molecule has 0 amide bonds. The minimum Gasteiger partial charge on any atom is -0.495 e. The largest absolute Gasteiger partial charge is 0.495 e. The number of hydrogen-bond acceptors (Lipinski definition) is 5. The molecule has 0 saturated heterocycles. The maximum atomic E-state index is 5.95. The number of aliphatic imine (C=N–C) groups is 1. The van der Waals surface area contributed by atoms with Gasteiger partial charge in [0, 0.05) is 24.4 Å². The molecule has 2 aromatic rings. The topological polar surface area (TPSA) is 91.0 Å². The van der Waals surface area contributed by atoms with E-state index in [9.17, 15) is 0 Å². The molecule has 7 heteroatoms. The molecule has 0 saturated carbocycles.